The molecule has 0 N–H and O–H groups in total. The summed E-state index contributed by atoms with van der Waals surface area (Å²) >= 11 is -4.69. The van der Waals surface area contributed by atoms with Crippen LogP contribution in [0.3, 0.4) is 0 Å². The molecule has 4 aromatic rings. The van der Waals surface area contributed by atoms with Gasteiger partial charge in [-0.15, -0.1) is 0 Å². The van der Waals surface area contributed by atoms with Crippen LogP contribution in [-0.2, 0) is 15.6 Å². The fourth-order valence-electron chi connectivity index (χ4n) is 7.51. The Morgan fingerprint density at radius 1 is 0.634 bits per heavy atom. The number of aryl methyl sites for hydroxylation is 2. The third-order valence-electron chi connectivity index (χ3n) is 9.77. The maximum absolute atomic E-state index is 8.46. The number of hydrogen-bond donors (Lipinski definition) is 0. The van der Waals surface area contributed by atoms with Crippen molar-refractivity contribution in [3.63, 3.8) is 0 Å². The molecule has 0 aliphatic heterocycles. The van der Waals surface area contributed by atoms with Gasteiger partial charge in [0.2, 0.25) is 0 Å². The minimum absolute atomic E-state index is 0.112. The van der Waals surface area contributed by atoms with Crippen molar-refractivity contribution in [2.24, 2.45) is 0 Å². The van der Waals surface area contributed by atoms with Gasteiger partial charge in [-0.1, -0.05) is 0 Å². The molecule has 2 aliphatic rings. The number of halogens is 2. The van der Waals surface area contributed by atoms with Gasteiger partial charge in [0.15, 0.2) is 0 Å². The molecule has 6 rings (SSSR count). The van der Waals surface area contributed by atoms with E-state index in [9.17, 15) is 0 Å². The molecule has 0 spiro atoms. The van der Waals surface area contributed by atoms with E-state index in [1.165, 1.54) is 66.8 Å². The molecule has 0 radical (unpaired) electrons. The molecule has 2 aliphatic carbocycles. The Labute approximate surface area is 254 Å². The van der Waals surface area contributed by atoms with Gasteiger partial charge in [-0.05, 0) is 0 Å². The third kappa shape index (κ3) is 4.56. The van der Waals surface area contributed by atoms with E-state index >= 15 is 0 Å². The van der Waals surface area contributed by atoms with Gasteiger partial charge in [0.25, 0.3) is 0 Å². The van der Waals surface area contributed by atoms with Crippen LogP contribution in [-0.4, -0.2) is 5.92 Å². The second-order valence-corrected chi connectivity index (χ2v) is 55.1. The molecule has 0 amide bonds. The molecular weight excluding hydrogens is 635 g/mol. The molecule has 4 aromatic carbocycles. The number of fused-ring (bicyclic) bond motifs is 2. The Morgan fingerprint density at radius 3 is 1.56 bits per heavy atom. The Balaban J connectivity index is 1.55. The van der Waals surface area contributed by atoms with Gasteiger partial charge < -0.3 is 0 Å². The molecule has 209 valence electrons. The van der Waals surface area contributed by atoms with Crippen LogP contribution in [0.5, 0.6) is 0 Å². The SMILES string of the molecule is CCC1=Cc2c(-c3ccc(C)cc3)cccc2[CH]1[Zr]([Cl])([Cl])([CH]1C(C)=Cc2c(-c3ccc(C)cc3)cccc21)[SiH](C)C. The first-order valence-corrected chi connectivity index (χ1v) is 31.2. The van der Waals surface area contributed by atoms with Crippen LogP contribution >= 0.6 is 17.0 Å². The Bertz CT molecular complexity index is 1710. The minimum atomic E-state index is -4.69. The molecule has 41 heavy (non-hydrogen) atoms. The van der Waals surface area contributed by atoms with E-state index in [0.717, 1.165) is 6.42 Å². The van der Waals surface area contributed by atoms with Crippen LogP contribution in [0, 0.1) is 13.8 Å². The standard InChI is InChI=1S/C18H17.C17H15.C2H7Si.2ClH.Zr/c1-3-14-11-16-5-4-6-17(18(16)12-14)15-9-7-13(2)8-10-15;1-12-6-8-14(9-7-12)16-5-3-4-15-10-13(2)11-17(15)16;1-3-2;;;/h4-12H,3H2,1-2H3;3-11H,1-2H3;3H,1-2H3;2*1H;/q;;;;;+2/p-2. The molecular formula is C37H39Cl2SiZr. The topological polar surface area (TPSA) is 0 Å². The fraction of sp³-hybridized carbons (Fsp3) is 0.243. The van der Waals surface area contributed by atoms with E-state index in [4.69, 9.17) is 17.0 Å². The molecule has 0 bridgehead atoms. The summed E-state index contributed by atoms with van der Waals surface area (Å²) in [6, 6.07) is 31.4. The zero-order valence-electron chi connectivity index (χ0n) is 24.9. The maximum atomic E-state index is 8.46. The summed E-state index contributed by atoms with van der Waals surface area (Å²) in [5.41, 5.74) is 15.7. The summed E-state index contributed by atoms with van der Waals surface area (Å²) in [6.07, 6.45) is 5.81. The van der Waals surface area contributed by atoms with Crippen molar-refractivity contribution in [1.29, 1.82) is 0 Å². The van der Waals surface area contributed by atoms with E-state index in [1.54, 1.807) is 0 Å². The van der Waals surface area contributed by atoms with Crippen molar-refractivity contribution < 1.29 is 15.6 Å². The van der Waals surface area contributed by atoms with Gasteiger partial charge in [0, 0.05) is 0 Å². The van der Waals surface area contributed by atoms with Gasteiger partial charge in [0.05, 0.1) is 0 Å². The van der Waals surface area contributed by atoms with Crippen molar-refractivity contribution in [3.8, 4) is 22.3 Å². The monoisotopic (exact) mass is 671 g/mol. The second kappa shape index (κ2) is 10.6. The Hall–Kier alpha value is -1.96. The Kier molecular flexibility index (Phi) is 7.56. The summed E-state index contributed by atoms with van der Waals surface area (Å²) < 4.78 is 0.236. The van der Waals surface area contributed by atoms with Crippen LogP contribution in [0.15, 0.2) is 96.1 Å². The summed E-state index contributed by atoms with van der Waals surface area (Å²) in [5.74, 6) is -1.56. The molecule has 0 saturated carbocycles. The third-order valence-corrected chi connectivity index (χ3v) is 61.8. The van der Waals surface area contributed by atoms with Gasteiger partial charge in [-0.25, -0.2) is 0 Å². The first kappa shape index (κ1) is 29.1. The average molecular weight is 674 g/mol. The van der Waals surface area contributed by atoms with E-state index < -0.39 is 21.5 Å². The number of rotatable bonds is 6. The fourth-order valence-corrected chi connectivity index (χ4v) is 39.9. The summed E-state index contributed by atoms with van der Waals surface area (Å²) in [7, 11) is 16.9. The predicted molar refractivity (Wildman–Crippen MR) is 181 cm³/mol. The van der Waals surface area contributed by atoms with E-state index in [1.807, 2.05) is 0 Å². The van der Waals surface area contributed by atoms with Crippen LogP contribution in [0.4, 0.5) is 0 Å². The van der Waals surface area contributed by atoms with Crippen LogP contribution in [0.2, 0.25) is 13.1 Å². The zero-order valence-corrected chi connectivity index (χ0v) is 30.1. The van der Waals surface area contributed by atoms with Crippen LogP contribution in [0.25, 0.3) is 34.4 Å². The summed E-state index contributed by atoms with van der Waals surface area (Å²) in [6.45, 7) is 13.7. The van der Waals surface area contributed by atoms with Crippen molar-refractivity contribution in [2.45, 2.75) is 54.5 Å². The van der Waals surface area contributed by atoms with Gasteiger partial charge in [0.1, 0.15) is 0 Å². The van der Waals surface area contributed by atoms with Gasteiger partial charge in [-0.2, -0.15) is 0 Å². The average Bonchev–Trinajstić information content (AvgIpc) is 3.52. The number of hydrogen-bond acceptors (Lipinski definition) is 0. The quantitative estimate of drug-likeness (QED) is 0.179. The molecule has 0 heterocycles. The van der Waals surface area contributed by atoms with E-state index in [-0.39, 0.29) is 7.25 Å². The van der Waals surface area contributed by atoms with Crippen LogP contribution in [0.1, 0.15) is 60.9 Å². The predicted octanol–water partition coefficient (Wildman–Crippen LogP) is 11.6. The van der Waals surface area contributed by atoms with Gasteiger partial charge >= 0.3 is 257 Å². The van der Waals surface area contributed by atoms with Gasteiger partial charge in [-0.3, -0.25) is 0 Å². The van der Waals surface area contributed by atoms with Crippen molar-refractivity contribution >= 4 is 35.1 Å². The molecule has 0 saturated heterocycles. The zero-order chi connectivity index (χ0) is 29.1. The van der Waals surface area contributed by atoms with E-state index in [2.05, 4.69) is 138 Å². The molecule has 2 atom stereocenters. The normalized spacial score (nSPS) is 18.9. The molecule has 0 fully saturated rings. The summed E-state index contributed by atoms with van der Waals surface area (Å²) in [5, 5.41) is 0. The van der Waals surface area contributed by atoms with Crippen molar-refractivity contribution in [3.05, 3.63) is 129 Å². The van der Waals surface area contributed by atoms with E-state index in [0.29, 0.717) is 0 Å². The molecule has 0 aromatic heterocycles. The number of benzene rings is 4. The second-order valence-electron chi connectivity index (χ2n) is 12.6. The van der Waals surface area contributed by atoms with Crippen molar-refractivity contribution in [1.82, 2.24) is 0 Å². The molecule has 0 nitrogen and oxygen atoms in total. The summed E-state index contributed by atoms with van der Waals surface area (Å²) in [4.78, 5) is 0. The molecule has 4 heteroatoms. The molecule has 2 unspecified atom stereocenters. The van der Waals surface area contributed by atoms with Crippen molar-refractivity contribution in [2.75, 3.05) is 0 Å². The first-order valence-electron chi connectivity index (χ1n) is 14.9. The first-order chi connectivity index (χ1) is 19.5. The Morgan fingerprint density at radius 2 is 1.10 bits per heavy atom. The number of allylic oxidation sites excluding steroid dienone is 2. The van der Waals surface area contributed by atoms with Crippen LogP contribution < -0.4 is 0 Å².